The Hall–Kier alpha value is -1.10. The van der Waals surface area contributed by atoms with E-state index in [2.05, 4.69) is 20.9 Å². The third-order valence-corrected chi connectivity index (χ3v) is 3.38. The Bertz CT molecular complexity index is 548. The normalized spacial score (nSPS) is 12.4. The minimum atomic E-state index is -0.850. The van der Waals surface area contributed by atoms with E-state index < -0.39 is 6.10 Å². The molecule has 3 nitrogen and oxygen atoms in total. The topological polar surface area (TPSA) is 59.1 Å². The van der Waals surface area contributed by atoms with Gasteiger partial charge in [0.1, 0.15) is 11.9 Å². The number of halogens is 2. The number of hydrogen-bond donors (Lipinski definition) is 2. The smallest absolute Gasteiger partial charge is 0.129 e. The van der Waals surface area contributed by atoms with E-state index in [1.54, 1.807) is 36.5 Å². The van der Waals surface area contributed by atoms with Crippen molar-refractivity contribution >= 4 is 33.3 Å². The average Bonchev–Trinajstić information content (AvgIpc) is 2.32. The van der Waals surface area contributed by atoms with E-state index in [1.165, 1.54) is 0 Å². The van der Waals surface area contributed by atoms with Gasteiger partial charge in [0.05, 0.1) is 0 Å². The quantitative estimate of drug-likeness (QED) is 0.895. The molecule has 0 fully saturated rings. The zero-order chi connectivity index (χ0) is 12.4. The molecule has 0 amide bonds. The van der Waals surface area contributed by atoms with Crippen molar-refractivity contribution in [2.75, 3.05) is 5.73 Å². The summed E-state index contributed by atoms with van der Waals surface area (Å²) in [5.41, 5.74) is 6.96. The first kappa shape index (κ1) is 12.4. The molecule has 1 aromatic carbocycles. The zero-order valence-corrected chi connectivity index (χ0v) is 11.1. The molecule has 1 unspecified atom stereocenters. The summed E-state index contributed by atoms with van der Waals surface area (Å²) < 4.78 is 0.776. The number of aliphatic hydroxyl groups is 1. The van der Waals surface area contributed by atoms with Crippen LogP contribution in [-0.4, -0.2) is 10.1 Å². The summed E-state index contributed by atoms with van der Waals surface area (Å²) in [6, 6.07) is 8.69. The van der Waals surface area contributed by atoms with Gasteiger partial charge in [-0.25, -0.2) is 4.98 Å². The number of hydrogen-bond acceptors (Lipinski definition) is 3. The van der Waals surface area contributed by atoms with E-state index in [0.717, 1.165) is 4.47 Å². The summed E-state index contributed by atoms with van der Waals surface area (Å²) in [6.45, 7) is 0. The lowest BCUT2D eigenvalue weighted by atomic mass is 10.0. The molecule has 3 N–H and O–H groups in total. The lowest BCUT2D eigenvalue weighted by Crippen LogP contribution is -2.05. The predicted molar refractivity (Wildman–Crippen MR) is 71.9 cm³/mol. The standard InChI is InChI=1S/C12H10BrClN2O/c13-10-4-3-7(14)6-9(10)11(17)8-2-1-5-16-12(8)15/h1-6,11,17H,(H2,15,16). The van der Waals surface area contributed by atoms with E-state index in [-0.39, 0.29) is 0 Å². The minimum Gasteiger partial charge on any atom is -0.383 e. The van der Waals surface area contributed by atoms with Crippen LogP contribution in [0.1, 0.15) is 17.2 Å². The Labute approximate surface area is 112 Å². The van der Waals surface area contributed by atoms with Crippen molar-refractivity contribution in [2.24, 2.45) is 0 Å². The third-order valence-electron chi connectivity index (χ3n) is 2.42. The van der Waals surface area contributed by atoms with Crippen LogP contribution >= 0.6 is 27.5 Å². The van der Waals surface area contributed by atoms with Crippen LogP contribution in [0.3, 0.4) is 0 Å². The number of nitrogens with zero attached hydrogens (tertiary/aromatic N) is 1. The van der Waals surface area contributed by atoms with E-state index in [1.807, 2.05) is 0 Å². The van der Waals surface area contributed by atoms with Gasteiger partial charge in [-0.1, -0.05) is 33.6 Å². The zero-order valence-electron chi connectivity index (χ0n) is 8.77. The Morgan fingerprint density at radius 2 is 2.06 bits per heavy atom. The van der Waals surface area contributed by atoms with Crippen LogP contribution in [0.4, 0.5) is 5.82 Å². The molecule has 17 heavy (non-hydrogen) atoms. The Morgan fingerprint density at radius 3 is 2.76 bits per heavy atom. The van der Waals surface area contributed by atoms with Crippen LogP contribution in [0.15, 0.2) is 41.0 Å². The molecule has 2 aromatic rings. The summed E-state index contributed by atoms with van der Waals surface area (Å²) in [4.78, 5) is 3.95. The van der Waals surface area contributed by atoms with Gasteiger partial charge in [-0.3, -0.25) is 0 Å². The van der Waals surface area contributed by atoms with Crippen molar-refractivity contribution in [2.45, 2.75) is 6.10 Å². The molecular formula is C12H10BrClN2O. The van der Waals surface area contributed by atoms with E-state index in [0.29, 0.717) is 22.0 Å². The van der Waals surface area contributed by atoms with Gasteiger partial charge in [-0.2, -0.15) is 0 Å². The number of benzene rings is 1. The molecule has 2 rings (SSSR count). The van der Waals surface area contributed by atoms with Gasteiger partial charge in [0.15, 0.2) is 0 Å². The molecule has 0 spiro atoms. The molecule has 0 saturated heterocycles. The number of aliphatic hydroxyl groups excluding tert-OH is 1. The Balaban J connectivity index is 2.47. The fourth-order valence-corrected chi connectivity index (χ4v) is 2.20. The van der Waals surface area contributed by atoms with Gasteiger partial charge >= 0.3 is 0 Å². The van der Waals surface area contributed by atoms with Gasteiger partial charge in [0, 0.05) is 26.8 Å². The highest BCUT2D eigenvalue weighted by molar-refractivity contribution is 9.10. The van der Waals surface area contributed by atoms with Crippen molar-refractivity contribution in [3.63, 3.8) is 0 Å². The summed E-state index contributed by atoms with van der Waals surface area (Å²) in [7, 11) is 0. The van der Waals surface area contributed by atoms with Crippen molar-refractivity contribution in [3.8, 4) is 0 Å². The highest BCUT2D eigenvalue weighted by atomic mass is 79.9. The number of nitrogen functional groups attached to an aromatic ring is 1. The van der Waals surface area contributed by atoms with Crippen LogP contribution in [0, 0.1) is 0 Å². The van der Waals surface area contributed by atoms with Gasteiger partial charge < -0.3 is 10.8 Å². The number of pyridine rings is 1. The first-order valence-electron chi connectivity index (χ1n) is 4.93. The maximum atomic E-state index is 10.3. The SMILES string of the molecule is Nc1ncccc1C(O)c1cc(Cl)ccc1Br. The summed E-state index contributed by atoms with van der Waals surface area (Å²) in [5, 5.41) is 10.8. The highest BCUT2D eigenvalue weighted by Gasteiger charge is 2.16. The molecule has 1 atom stereocenters. The maximum Gasteiger partial charge on any atom is 0.129 e. The second-order valence-electron chi connectivity index (χ2n) is 3.55. The molecular weight excluding hydrogens is 304 g/mol. The van der Waals surface area contributed by atoms with Crippen LogP contribution in [-0.2, 0) is 0 Å². The molecule has 1 aromatic heterocycles. The second kappa shape index (κ2) is 5.04. The lowest BCUT2D eigenvalue weighted by Gasteiger charge is -2.14. The van der Waals surface area contributed by atoms with Crippen molar-refractivity contribution in [1.82, 2.24) is 4.98 Å². The molecule has 0 bridgehead atoms. The summed E-state index contributed by atoms with van der Waals surface area (Å²) in [5.74, 6) is 0.312. The number of rotatable bonds is 2. The fourth-order valence-electron chi connectivity index (χ4n) is 1.55. The highest BCUT2D eigenvalue weighted by Crippen LogP contribution is 2.32. The Morgan fingerprint density at radius 1 is 1.29 bits per heavy atom. The van der Waals surface area contributed by atoms with E-state index >= 15 is 0 Å². The monoisotopic (exact) mass is 312 g/mol. The molecule has 0 radical (unpaired) electrons. The maximum absolute atomic E-state index is 10.3. The molecule has 1 heterocycles. The lowest BCUT2D eigenvalue weighted by molar-refractivity contribution is 0.220. The van der Waals surface area contributed by atoms with Crippen LogP contribution in [0.5, 0.6) is 0 Å². The molecule has 0 aliphatic carbocycles. The number of nitrogens with two attached hydrogens (primary N) is 1. The third kappa shape index (κ3) is 2.60. The molecule has 0 aliphatic rings. The van der Waals surface area contributed by atoms with Gasteiger partial charge in [0.2, 0.25) is 0 Å². The summed E-state index contributed by atoms with van der Waals surface area (Å²) in [6.07, 6.45) is 0.732. The molecule has 0 aliphatic heterocycles. The predicted octanol–water partition coefficient (Wildman–Crippen LogP) is 3.16. The van der Waals surface area contributed by atoms with Crippen LogP contribution < -0.4 is 5.73 Å². The van der Waals surface area contributed by atoms with Gasteiger partial charge in [0.25, 0.3) is 0 Å². The van der Waals surface area contributed by atoms with Crippen molar-refractivity contribution in [3.05, 3.63) is 57.2 Å². The molecule has 88 valence electrons. The average molecular weight is 314 g/mol. The van der Waals surface area contributed by atoms with Crippen molar-refractivity contribution < 1.29 is 5.11 Å². The molecule has 0 saturated carbocycles. The van der Waals surface area contributed by atoms with Crippen LogP contribution in [0.25, 0.3) is 0 Å². The summed E-state index contributed by atoms with van der Waals surface area (Å²) >= 11 is 9.28. The van der Waals surface area contributed by atoms with E-state index in [9.17, 15) is 5.11 Å². The minimum absolute atomic E-state index is 0.312. The Kier molecular flexibility index (Phi) is 3.66. The van der Waals surface area contributed by atoms with Crippen molar-refractivity contribution in [1.29, 1.82) is 0 Å². The number of aromatic nitrogens is 1. The van der Waals surface area contributed by atoms with Gasteiger partial charge in [-0.15, -0.1) is 0 Å². The number of anilines is 1. The van der Waals surface area contributed by atoms with Gasteiger partial charge in [-0.05, 0) is 24.3 Å². The van der Waals surface area contributed by atoms with E-state index in [4.69, 9.17) is 17.3 Å². The first-order valence-corrected chi connectivity index (χ1v) is 6.10. The second-order valence-corrected chi connectivity index (χ2v) is 4.84. The fraction of sp³-hybridized carbons (Fsp3) is 0.0833. The molecule has 5 heteroatoms. The van der Waals surface area contributed by atoms with Crippen LogP contribution in [0.2, 0.25) is 5.02 Å². The largest absolute Gasteiger partial charge is 0.383 e. The first-order chi connectivity index (χ1) is 8.09.